The van der Waals surface area contributed by atoms with Crippen LogP contribution in [0.25, 0.3) is 0 Å². The molecule has 0 aliphatic heterocycles. The Hall–Kier alpha value is -3.38. The van der Waals surface area contributed by atoms with Crippen LogP contribution in [0.3, 0.4) is 0 Å². The third kappa shape index (κ3) is 6.56. The number of hydrazone groups is 1. The van der Waals surface area contributed by atoms with Gasteiger partial charge >= 0.3 is 0 Å². The highest BCUT2D eigenvalue weighted by Gasteiger charge is 2.07. The van der Waals surface area contributed by atoms with Gasteiger partial charge in [-0.2, -0.15) is 5.10 Å². The number of ether oxygens (including phenoxy) is 4. The zero-order valence-electron chi connectivity index (χ0n) is 18.4. The first-order valence-electron chi connectivity index (χ1n) is 10.2. The Labute approximate surface area is 193 Å². The number of nitrogens with one attached hydrogen (secondary N) is 1. The van der Waals surface area contributed by atoms with Crippen LogP contribution in [-0.2, 0) is 13.2 Å². The minimum atomic E-state index is 0.404. The van der Waals surface area contributed by atoms with Gasteiger partial charge in [0.1, 0.15) is 6.61 Å². The molecule has 1 N–H and O–H groups in total. The molecule has 0 bridgehead atoms. The minimum Gasteiger partial charge on any atom is -0.493 e. The summed E-state index contributed by atoms with van der Waals surface area (Å²) < 4.78 is 22.3. The van der Waals surface area contributed by atoms with Crippen molar-refractivity contribution in [3.05, 3.63) is 82.4 Å². The lowest BCUT2D eigenvalue weighted by Gasteiger charge is -2.13. The van der Waals surface area contributed by atoms with Crippen molar-refractivity contribution in [3.63, 3.8) is 0 Å². The van der Waals surface area contributed by atoms with Crippen molar-refractivity contribution >= 4 is 17.8 Å². The predicted octanol–water partition coefficient (Wildman–Crippen LogP) is 5.46. The van der Waals surface area contributed by atoms with E-state index < -0.39 is 0 Å². The van der Waals surface area contributed by atoms with Gasteiger partial charge in [0.25, 0.3) is 0 Å². The molecular formula is C25H27ClN2O4. The van der Waals surface area contributed by atoms with Gasteiger partial charge in [0.2, 0.25) is 0 Å². The first-order chi connectivity index (χ1) is 15.6. The lowest BCUT2D eigenvalue weighted by atomic mass is 10.2. The number of rotatable bonds is 11. The molecule has 0 aliphatic carbocycles. The number of nitrogens with zero attached hydrogens (tertiary/aromatic N) is 1. The van der Waals surface area contributed by atoms with Crippen LogP contribution in [-0.4, -0.2) is 27.0 Å². The molecule has 0 aliphatic rings. The zero-order chi connectivity index (χ0) is 22.8. The molecule has 6 nitrogen and oxygen atoms in total. The molecule has 0 aromatic heterocycles. The van der Waals surface area contributed by atoms with Crippen molar-refractivity contribution in [2.75, 3.05) is 20.8 Å². The molecule has 7 heteroatoms. The second-order valence-corrected chi connectivity index (χ2v) is 7.28. The molecule has 0 saturated carbocycles. The van der Waals surface area contributed by atoms with Crippen molar-refractivity contribution in [3.8, 4) is 23.0 Å². The van der Waals surface area contributed by atoms with E-state index in [2.05, 4.69) is 10.5 Å². The van der Waals surface area contributed by atoms with Gasteiger partial charge in [-0.3, -0.25) is 0 Å². The fourth-order valence-corrected chi connectivity index (χ4v) is 3.24. The maximum atomic E-state index is 6.04. The molecule has 3 aromatic rings. The van der Waals surface area contributed by atoms with Crippen LogP contribution < -0.4 is 24.4 Å². The maximum Gasteiger partial charge on any atom is 0.161 e. The normalized spacial score (nSPS) is 10.8. The number of benzene rings is 3. The molecule has 0 spiro atoms. The monoisotopic (exact) mass is 454 g/mol. The van der Waals surface area contributed by atoms with Crippen molar-refractivity contribution in [1.82, 2.24) is 5.43 Å². The predicted molar refractivity (Wildman–Crippen MR) is 127 cm³/mol. The zero-order valence-corrected chi connectivity index (χ0v) is 19.2. The van der Waals surface area contributed by atoms with Crippen molar-refractivity contribution < 1.29 is 18.9 Å². The van der Waals surface area contributed by atoms with Crippen LogP contribution >= 0.6 is 11.6 Å². The van der Waals surface area contributed by atoms with Gasteiger partial charge < -0.3 is 24.4 Å². The molecule has 0 radical (unpaired) electrons. The molecule has 0 amide bonds. The highest BCUT2D eigenvalue weighted by atomic mass is 35.5. The van der Waals surface area contributed by atoms with E-state index >= 15 is 0 Å². The number of methoxy groups -OCH3 is 2. The molecule has 0 atom stereocenters. The largest absolute Gasteiger partial charge is 0.493 e. The molecular weight excluding hydrogens is 428 g/mol. The minimum absolute atomic E-state index is 0.404. The number of hydrogen-bond donors (Lipinski definition) is 1. The van der Waals surface area contributed by atoms with Gasteiger partial charge in [-0.1, -0.05) is 29.8 Å². The standard InChI is InChI=1S/C25H27ClN2O4/c1-4-31-25-14-19(9-11-23(25)32-17-20-6-5-7-21(26)12-20)16-28-27-15-18-8-10-22(29-2)24(13-18)30-3/h5-14,16,27H,4,15,17H2,1-3H3/b28-16+. The van der Waals surface area contributed by atoms with Crippen LogP contribution in [0, 0.1) is 0 Å². The average Bonchev–Trinajstić information content (AvgIpc) is 2.81. The Morgan fingerprint density at radius 3 is 2.41 bits per heavy atom. The van der Waals surface area contributed by atoms with E-state index in [4.69, 9.17) is 30.5 Å². The summed E-state index contributed by atoms with van der Waals surface area (Å²) in [4.78, 5) is 0. The Balaban J connectivity index is 1.61. The molecule has 0 heterocycles. The van der Waals surface area contributed by atoms with Gasteiger partial charge in [0.05, 0.1) is 33.6 Å². The number of halogens is 1. The van der Waals surface area contributed by atoms with Gasteiger partial charge in [0, 0.05) is 5.02 Å². The highest BCUT2D eigenvalue weighted by molar-refractivity contribution is 6.30. The summed E-state index contributed by atoms with van der Waals surface area (Å²) in [5.74, 6) is 2.71. The highest BCUT2D eigenvalue weighted by Crippen LogP contribution is 2.29. The fraction of sp³-hybridized carbons (Fsp3) is 0.240. The molecule has 0 unspecified atom stereocenters. The Bertz CT molecular complexity index is 1060. The topological polar surface area (TPSA) is 61.3 Å². The maximum absolute atomic E-state index is 6.04. The first-order valence-corrected chi connectivity index (χ1v) is 10.6. The van der Waals surface area contributed by atoms with E-state index in [9.17, 15) is 0 Å². The van der Waals surface area contributed by atoms with E-state index in [1.165, 1.54) is 0 Å². The van der Waals surface area contributed by atoms with Crippen LogP contribution in [0.2, 0.25) is 5.02 Å². The summed E-state index contributed by atoms with van der Waals surface area (Å²) in [5.41, 5.74) is 5.96. The summed E-state index contributed by atoms with van der Waals surface area (Å²) in [7, 11) is 3.23. The van der Waals surface area contributed by atoms with Gasteiger partial charge in [-0.05, 0) is 66.1 Å². The summed E-state index contributed by atoms with van der Waals surface area (Å²) in [5, 5.41) is 4.99. The van der Waals surface area contributed by atoms with Crippen molar-refractivity contribution in [1.29, 1.82) is 0 Å². The van der Waals surface area contributed by atoms with Crippen molar-refractivity contribution in [2.24, 2.45) is 5.10 Å². The summed E-state index contributed by atoms with van der Waals surface area (Å²) >= 11 is 6.04. The van der Waals surface area contributed by atoms with Gasteiger partial charge in [-0.15, -0.1) is 0 Å². The van der Waals surface area contributed by atoms with E-state index in [-0.39, 0.29) is 0 Å². The SMILES string of the molecule is CCOc1cc(/C=N/NCc2ccc(OC)c(OC)c2)ccc1OCc1cccc(Cl)c1. The number of hydrogen-bond acceptors (Lipinski definition) is 6. The summed E-state index contributed by atoms with van der Waals surface area (Å²) in [6, 6.07) is 19.0. The summed E-state index contributed by atoms with van der Waals surface area (Å²) in [6.07, 6.45) is 1.74. The lowest BCUT2D eigenvalue weighted by Crippen LogP contribution is -2.06. The Morgan fingerprint density at radius 2 is 1.66 bits per heavy atom. The van der Waals surface area contributed by atoms with E-state index in [0.717, 1.165) is 16.7 Å². The average molecular weight is 455 g/mol. The van der Waals surface area contributed by atoms with Crippen LogP contribution in [0.4, 0.5) is 0 Å². The van der Waals surface area contributed by atoms with Crippen LogP contribution in [0.15, 0.2) is 65.8 Å². The fourth-order valence-electron chi connectivity index (χ4n) is 3.03. The van der Waals surface area contributed by atoms with E-state index in [1.807, 2.05) is 67.6 Å². The molecule has 3 rings (SSSR count). The Kier molecular flexibility index (Phi) is 8.63. The quantitative estimate of drug-likeness (QED) is 0.308. The molecule has 168 valence electrons. The third-order valence-electron chi connectivity index (χ3n) is 4.59. The molecule has 0 fully saturated rings. The first kappa shape index (κ1) is 23.3. The van der Waals surface area contributed by atoms with Gasteiger partial charge in [-0.25, -0.2) is 0 Å². The summed E-state index contributed by atoms with van der Waals surface area (Å²) in [6.45, 7) is 3.43. The molecule has 32 heavy (non-hydrogen) atoms. The second-order valence-electron chi connectivity index (χ2n) is 6.84. The van der Waals surface area contributed by atoms with Gasteiger partial charge in [0.15, 0.2) is 23.0 Å². The van der Waals surface area contributed by atoms with E-state index in [0.29, 0.717) is 47.8 Å². The lowest BCUT2D eigenvalue weighted by molar-refractivity contribution is 0.269. The van der Waals surface area contributed by atoms with Crippen LogP contribution in [0.1, 0.15) is 23.6 Å². The molecule has 0 saturated heterocycles. The second kappa shape index (κ2) is 11.9. The third-order valence-corrected chi connectivity index (χ3v) is 4.82. The Morgan fingerprint density at radius 1 is 0.844 bits per heavy atom. The van der Waals surface area contributed by atoms with E-state index in [1.54, 1.807) is 20.4 Å². The molecule has 3 aromatic carbocycles. The van der Waals surface area contributed by atoms with Crippen LogP contribution in [0.5, 0.6) is 23.0 Å². The smallest absolute Gasteiger partial charge is 0.161 e. The van der Waals surface area contributed by atoms with Crippen molar-refractivity contribution in [2.45, 2.75) is 20.1 Å².